The van der Waals surface area contributed by atoms with Crippen LogP contribution in [0.5, 0.6) is 0 Å². The molecule has 0 radical (unpaired) electrons. The molecule has 2 amide bonds. The minimum Gasteiger partial charge on any atom is -0.362 e. The third-order valence-corrected chi connectivity index (χ3v) is 5.06. The van der Waals surface area contributed by atoms with Crippen LogP contribution in [-0.4, -0.2) is 59.3 Å². The SMILES string of the molecule is O=C(NCC(=O)N1CCN(c2ccc(C(F)(F)F)cc2[N+](=O)[O-])CC1)c1cc(Cl)ccn1. The predicted molar refractivity (Wildman–Crippen MR) is 108 cm³/mol. The minimum atomic E-state index is -4.69. The van der Waals surface area contributed by atoms with E-state index in [1.807, 2.05) is 0 Å². The fourth-order valence-corrected chi connectivity index (χ4v) is 3.36. The van der Waals surface area contributed by atoms with Gasteiger partial charge in [0.05, 0.1) is 17.0 Å². The summed E-state index contributed by atoms with van der Waals surface area (Å²) in [7, 11) is 0. The smallest absolute Gasteiger partial charge is 0.362 e. The van der Waals surface area contributed by atoms with Gasteiger partial charge < -0.3 is 15.1 Å². The monoisotopic (exact) mass is 471 g/mol. The molecule has 0 aliphatic carbocycles. The van der Waals surface area contributed by atoms with Gasteiger partial charge in [0.1, 0.15) is 11.4 Å². The highest BCUT2D eigenvalue weighted by atomic mass is 35.5. The van der Waals surface area contributed by atoms with Crippen LogP contribution in [0, 0.1) is 10.1 Å². The van der Waals surface area contributed by atoms with Crippen molar-refractivity contribution >= 4 is 34.8 Å². The lowest BCUT2D eigenvalue weighted by Crippen LogP contribution is -2.51. The van der Waals surface area contributed by atoms with Gasteiger partial charge in [-0.15, -0.1) is 0 Å². The number of hydrogen-bond donors (Lipinski definition) is 1. The van der Waals surface area contributed by atoms with Crippen LogP contribution in [0.15, 0.2) is 36.5 Å². The molecule has 1 aromatic heterocycles. The van der Waals surface area contributed by atoms with E-state index >= 15 is 0 Å². The molecule has 2 aromatic rings. The molecular weight excluding hydrogens is 455 g/mol. The second-order valence-electron chi connectivity index (χ2n) is 6.87. The molecule has 1 saturated heterocycles. The normalized spacial score (nSPS) is 14.2. The Hall–Kier alpha value is -3.41. The maximum atomic E-state index is 12.9. The number of pyridine rings is 1. The van der Waals surface area contributed by atoms with Gasteiger partial charge in [0, 0.05) is 43.5 Å². The summed E-state index contributed by atoms with van der Waals surface area (Å²) in [6.45, 7) is 0.446. The Balaban J connectivity index is 1.59. The van der Waals surface area contributed by atoms with Crippen LogP contribution in [0.2, 0.25) is 5.02 Å². The van der Waals surface area contributed by atoms with E-state index in [4.69, 9.17) is 11.6 Å². The molecule has 3 rings (SSSR count). The number of halogens is 4. The lowest BCUT2D eigenvalue weighted by atomic mass is 10.1. The first-order chi connectivity index (χ1) is 15.1. The van der Waals surface area contributed by atoms with Crippen LogP contribution in [0.25, 0.3) is 0 Å². The van der Waals surface area contributed by atoms with Crippen LogP contribution in [0.1, 0.15) is 16.1 Å². The molecule has 13 heteroatoms. The van der Waals surface area contributed by atoms with Crippen molar-refractivity contribution in [2.24, 2.45) is 0 Å². The van der Waals surface area contributed by atoms with Crippen LogP contribution in [0.4, 0.5) is 24.5 Å². The quantitative estimate of drug-likeness (QED) is 0.530. The summed E-state index contributed by atoms with van der Waals surface area (Å²) in [5, 5.41) is 14.1. The molecular formula is C19H17ClF3N5O4. The van der Waals surface area contributed by atoms with Crippen molar-refractivity contribution in [1.82, 2.24) is 15.2 Å². The maximum Gasteiger partial charge on any atom is 0.416 e. The van der Waals surface area contributed by atoms with Gasteiger partial charge in [0.2, 0.25) is 5.91 Å². The minimum absolute atomic E-state index is 0.0513. The summed E-state index contributed by atoms with van der Waals surface area (Å²) >= 11 is 5.80. The van der Waals surface area contributed by atoms with Gasteiger partial charge in [0.15, 0.2) is 0 Å². The number of alkyl halides is 3. The van der Waals surface area contributed by atoms with Crippen molar-refractivity contribution in [2.75, 3.05) is 37.6 Å². The lowest BCUT2D eigenvalue weighted by Gasteiger charge is -2.36. The molecule has 1 aliphatic heterocycles. The van der Waals surface area contributed by atoms with Gasteiger partial charge in [-0.3, -0.25) is 24.7 Å². The Morgan fingerprint density at radius 2 is 1.84 bits per heavy atom. The van der Waals surface area contributed by atoms with Gasteiger partial charge >= 0.3 is 6.18 Å². The van der Waals surface area contributed by atoms with Gasteiger partial charge in [-0.05, 0) is 24.3 Å². The van der Waals surface area contributed by atoms with Crippen molar-refractivity contribution < 1.29 is 27.7 Å². The first kappa shape index (κ1) is 23.3. The number of amides is 2. The van der Waals surface area contributed by atoms with Crippen LogP contribution >= 0.6 is 11.6 Å². The molecule has 1 aliphatic rings. The average molecular weight is 472 g/mol. The second-order valence-corrected chi connectivity index (χ2v) is 7.30. The molecule has 32 heavy (non-hydrogen) atoms. The molecule has 1 N–H and O–H groups in total. The van der Waals surface area contributed by atoms with Gasteiger partial charge in [0.25, 0.3) is 11.6 Å². The Morgan fingerprint density at radius 1 is 1.16 bits per heavy atom. The van der Waals surface area contributed by atoms with E-state index in [0.717, 1.165) is 12.1 Å². The number of rotatable bonds is 5. The van der Waals surface area contributed by atoms with E-state index in [1.54, 1.807) is 4.90 Å². The first-order valence-corrected chi connectivity index (χ1v) is 9.72. The zero-order chi connectivity index (χ0) is 23.5. The largest absolute Gasteiger partial charge is 0.416 e. The van der Waals surface area contributed by atoms with Crippen molar-refractivity contribution in [3.63, 3.8) is 0 Å². The molecule has 9 nitrogen and oxygen atoms in total. The highest BCUT2D eigenvalue weighted by Gasteiger charge is 2.34. The first-order valence-electron chi connectivity index (χ1n) is 9.34. The number of carbonyl (C=O) groups excluding carboxylic acids is 2. The number of hydrogen-bond acceptors (Lipinski definition) is 6. The van der Waals surface area contributed by atoms with Crippen molar-refractivity contribution in [3.05, 3.63) is 62.9 Å². The summed E-state index contributed by atoms with van der Waals surface area (Å²) < 4.78 is 38.6. The maximum absolute atomic E-state index is 12.9. The van der Waals surface area contributed by atoms with Crippen molar-refractivity contribution in [3.8, 4) is 0 Å². The Morgan fingerprint density at radius 3 is 2.44 bits per heavy atom. The molecule has 0 unspecified atom stereocenters. The number of benzene rings is 1. The zero-order valence-electron chi connectivity index (χ0n) is 16.4. The number of nitro benzene ring substituents is 1. The van der Waals surface area contributed by atoms with E-state index in [1.165, 1.54) is 23.2 Å². The second kappa shape index (κ2) is 9.39. The number of nitrogens with one attached hydrogen (secondary N) is 1. The third kappa shape index (κ3) is 5.44. The average Bonchev–Trinajstić information content (AvgIpc) is 2.76. The fraction of sp³-hybridized carbons (Fsp3) is 0.316. The summed E-state index contributed by atoms with van der Waals surface area (Å²) in [5.41, 5.74) is -1.65. The summed E-state index contributed by atoms with van der Waals surface area (Å²) in [4.78, 5) is 41.8. The molecule has 1 aromatic carbocycles. The summed E-state index contributed by atoms with van der Waals surface area (Å²) in [6.07, 6.45) is -3.34. The summed E-state index contributed by atoms with van der Waals surface area (Å²) in [6, 6.07) is 5.23. The molecule has 170 valence electrons. The molecule has 1 fully saturated rings. The van der Waals surface area contributed by atoms with E-state index < -0.39 is 28.3 Å². The third-order valence-electron chi connectivity index (χ3n) is 4.83. The molecule has 0 atom stereocenters. The molecule has 0 spiro atoms. The standard InChI is InChI=1S/C19H17ClF3N5O4/c20-13-3-4-24-14(10-13)18(30)25-11-17(29)27-7-5-26(6-8-27)15-2-1-12(19(21,22)23)9-16(15)28(31)32/h1-4,9-10H,5-8,11H2,(H,25,30). The van der Waals surface area contributed by atoms with Gasteiger partial charge in [-0.2, -0.15) is 13.2 Å². The van der Waals surface area contributed by atoms with Gasteiger partial charge in [-0.1, -0.05) is 11.6 Å². The number of aromatic nitrogens is 1. The van der Waals surface area contributed by atoms with E-state index in [-0.39, 0.29) is 50.0 Å². The zero-order valence-corrected chi connectivity index (χ0v) is 17.2. The summed E-state index contributed by atoms with van der Waals surface area (Å²) in [5.74, 6) is -0.943. The molecule has 2 heterocycles. The Bertz CT molecular complexity index is 1040. The van der Waals surface area contributed by atoms with Crippen molar-refractivity contribution in [1.29, 1.82) is 0 Å². The Kier molecular flexibility index (Phi) is 6.82. The van der Waals surface area contributed by atoms with Crippen LogP contribution in [0.3, 0.4) is 0 Å². The van der Waals surface area contributed by atoms with Gasteiger partial charge in [-0.25, -0.2) is 0 Å². The van der Waals surface area contributed by atoms with Crippen LogP contribution in [-0.2, 0) is 11.0 Å². The number of piperazine rings is 1. The number of carbonyl (C=O) groups is 2. The number of anilines is 1. The highest BCUT2D eigenvalue weighted by molar-refractivity contribution is 6.30. The number of nitro groups is 1. The lowest BCUT2D eigenvalue weighted by molar-refractivity contribution is -0.384. The van der Waals surface area contributed by atoms with E-state index in [9.17, 15) is 32.9 Å². The highest BCUT2D eigenvalue weighted by Crippen LogP contribution is 2.36. The predicted octanol–water partition coefficient (Wildman–Crippen LogP) is 2.74. The molecule has 0 saturated carbocycles. The molecule has 0 bridgehead atoms. The topological polar surface area (TPSA) is 109 Å². The van der Waals surface area contributed by atoms with Crippen molar-refractivity contribution in [2.45, 2.75) is 6.18 Å². The Labute approximate surface area is 184 Å². The number of nitrogens with zero attached hydrogens (tertiary/aromatic N) is 4. The van der Waals surface area contributed by atoms with E-state index in [2.05, 4.69) is 10.3 Å². The van der Waals surface area contributed by atoms with E-state index in [0.29, 0.717) is 11.1 Å². The van der Waals surface area contributed by atoms with Crippen LogP contribution < -0.4 is 10.2 Å². The fourth-order valence-electron chi connectivity index (χ4n) is 3.20.